The summed E-state index contributed by atoms with van der Waals surface area (Å²) in [5, 5.41) is 2.86. The lowest BCUT2D eigenvalue weighted by molar-refractivity contribution is -0.121. The molecule has 3 heterocycles. The highest BCUT2D eigenvalue weighted by molar-refractivity contribution is 5.93. The first kappa shape index (κ1) is 18.3. The highest BCUT2D eigenvalue weighted by Crippen LogP contribution is 2.21. The Balaban J connectivity index is 0.00000208. The molecular formula is C16H24ClN5O2. The van der Waals surface area contributed by atoms with Crippen molar-refractivity contribution in [2.24, 2.45) is 5.92 Å². The predicted octanol–water partition coefficient (Wildman–Crippen LogP) is 1.95. The van der Waals surface area contributed by atoms with E-state index in [1.165, 1.54) is 0 Å². The number of nitrogens with zero attached hydrogens (tertiary/aromatic N) is 3. The van der Waals surface area contributed by atoms with Crippen LogP contribution in [0.3, 0.4) is 0 Å². The third-order valence-corrected chi connectivity index (χ3v) is 4.49. The molecule has 0 spiro atoms. The van der Waals surface area contributed by atoms with Gasteiger partial charge in [-0.2, -0.15) is 0 Å². The number of anilines is 2. The maximum absolute atomic E-state index is 12.5. The van der Waals surface area contributed by atoms with Crippen LogP contribution in [0, 0.1) is 5.92 Å². The van der Waals surface area contributed by atoms with Crippen molar-refractivity contribution < 1.29 is 9.59 Å². The second-order valence-electron chi connectivity index (χ2n) is 6.22. The van der Waals surface area contributed by atoms with E-state index < -0.39 is 0 Å². The monoisotopic (exact) mass is 353 g/mol. The van der Waals surface area contributed by atoms with E-state index in [1.807, 2.05) is 9.80 Å². The number of hydrogen-bond acceptors (Lipinski definition) is 4. The topological polar surface area (TPSA) is 91.6 Å². The van der Waals surface area contributed by atoms with E-state index in [0.29, 0.717) is 18.1 Å². The number of likely N-dealkylation sites (tertiary alicyclic amines) is 2. The summed E-state index contributed by atoms with van der Waals surface area (Å²) in [4.78, 5) is 32.6. The number of rotatable bonds is 2. The lowest BCUT2D eigenvalue weighted by atomic mass is 9.97. The van der Waals surface area contributed by atoms with Crippen LogP contribution in [0.25, 0.3) is 0 Å². The van der Waals surface area contributed by atoms with Gasteiger partial charge in [0.25, 0.3) is 0 Å². The standard InChI is InChI=1S/C16H23N5O2.ClH/c17-14-6-5-13(10-18-14)19-15(22)12-4-3-9-21(11-12)16(23)20-7-1-2-8-20;/h5-6,10,12H,1-4,7-9,11H2,(H2,17,18)(H,19,22);1H. The number of urea groups is 1. The molecule has 1 aromatic rings. The second kappa shape index (κ2) is 8.19. The van der Waals surface area contributed by atoms with Crippen LogP contribution >= 0.6 is 12.4 Å². The summed E-state index contributed by atoms with van der Waals surface area (Å²) >= 11 is 0. The summed E-state index contributed by atoms with van der Waals surface area (Å²) in [6.45, 7) is 2.90. The summed E-state index contributed by atoms with van der Waals surface area (Å²) in [7, 11) is 0. The lowest BCUT2D eigenvalue weighted by Gasteiger charge is -2.34. The Bertz CT molecular complexity index is 574. The normalized spacial score (nSPS) is 20.4. The van der Waals surface area contributed by atoms with E-state index in [9.17, 15) is 9.59 Å². The predicted molar refractivity (Wildman–Crippen MR) is 95.0 cm³/mol. The fraction of sp³-hybridized carbons (Fsp3) is 0.562. The number of amides is 3. The van der Waals surface area contributed by atoms with E-state index in [1.54, 1.807) is 18.3 Å². The van der Waals surface area contributed by atoms with Gasteiger partial charge in [-0.3, -0.25) is 4.79 Å². The summed E-state index contributed by atoms with van der Waals surface area (Å²) in [5.74, 6) is 0.186. The number of carbonyl (C=O) groups is 2. The molecule has 0 aliphatic carbocycles. The van der Waals surface area contributed by atoms with E-state index in [0.717, 1.165) is 45.3 Å². The highest BCUT2D eigenvalue weighted by Gasteiger charge is 2.31. The van der Waals surface area contributed by atoms with Gasteiger partial charge in [0.15, 0.2) is 0 Å². The summed E-state index contributed by atoms with van der Waals surface area (Å²) < 4.78 is 0. The van der Waals surface area contributed by atoms with Crippen LogP contribution in [0.2, 0.25) is 0 Å². The van der Waals surface area contributed by atoms with Gasteiger partial charge in [-0.05, 0) is 37.8 Å². The Kier molecular flexibility index (Phi) is 6.25. The molecule has 0 radical (unpaired) electrons. The van der Waals surface area contributed by atoms with Crippen molar-refractivity contribution >= 4 is 35.9 Å². The van der Waals surface area contributed by atoms with Crippen LogP contribution < -0.4 is 11.1 Å². The van der Waals surface area contributed by atoms with Gasteiger partial charge in [-0.25, -0.2) is 9.78 Å². The molecule has 8 heteroatoms. The number of piperidine rings is 1. The van der Waals surface area contributed by atoms with Gasteiger partial charge in [0.1, 0.15) is 5.82 Å². The Morgan fingerprint density at radius 3 is 2.50 bits per heavy atom. The van der Waals surface area contributed by atoms with Crippen LogP contribution in [0.15, 0.2) is 18.3 Å². The molecule has 1 aromatic heterocycles. The molecule has 7 nitrogen and oxygen atoms in total. The molecule has 0 aromatic carbocycles. The zero-order valence-electron chi connectivity index (χ0n) is 13.6. The van der Waals surface area contributed by atoms with Gasteiger partial charge >= 0.3 is 6.03 Å². The van der Waals surface area contributed by atoms with E-state index in [4.69, 9.17) is 5.73 Å². The van der Waals surface area contributed by atoms with Gasteiger partial charge in [0, 0.05) is 26.2 Å². The van der Waals surface area contributed by atoms with Gasteiger partial charge in [-0.1, -0.05) is 0 Å². The Labute approximate surface area is 148 Å². The van der Waals surface area contributed by atoms with E-state index in [2.05, 4.69) is 10.3 Å². The fourth-order valence-electron chi connectivity index (χ4n) is 3.20. The largest absolute Gasteiger partial charge is 0.384 e. The van der Waals surface area contributed by atoms with E-state index in [-0.39, 0.29) is 30.3 Å². The molecule has 1 unspecified atom stereocenters. The van der Waals surface area contributed by atoms with Crippen molar-refractivity contribution in [3.63, 3.8) is 0 Å². The van der Waals surface area contributed by atoms with Crippen LogP contribution in [0.4, 0.5) is 16.3 Å². The maximum atomic E-state index is 12.5. The highest BCUT2D eigenvalue weighted by atomic mass is 35.5. The summed E-state index contributed by atoms with van der Waals surface area (Å²) in [6, 6.07) is 3.46. The van der Waals surface area contributed by atoms with Crippen molar-refractivity contribution in [3.8, 4) is 0 Å². The molecule has 0 saturated carbocycles. The molecule has 3 amide bonds. The molecule has 24 heavy (non-hydrogen) atoms. The van der Waals surface area contributed by atoms with Crippen LogP contribution in [-0.4, -0.2) is 52.9 Å². The average molecular weight is 354 g/mol. The Hall–Kier alpha value is -2.02. The molecule has 3 N–H and O–H groups in total. The average Bonchev–Trinajstić information content (AvgIpc) is 3.11. The second-order valence-corrected chi connectivity index (χ2v) is 6.22. The van der Waals surface area contributed by atoms with Crippen LogP contribution in [-0.2, 0) is 4.79 Å². The van der Waals surface area contributed by atoms with Crippen LogP contribution in [0.1, 0.15) is 25.7 Å². The Morgan fingerprint density at radius 1 is 1.12 bits per heavy atom. The number of nitrogen functional groups attached to an aromatic ring is 1. The number of nitrogens with one attached hydrogen (secondary N) is 1. The van der Waals surface area contributed by atoms with Crippen molar-refractivity contribution in [2.75, 3.05) is 37.2 Å². The minimum Gasteiger partial charge on any atom is -0.384 e. The van der Waals surface area contributed by atoms with Crippen molar-refractivity contribution in [3.05, 3.63) is 18.3 Å². The minimum atomic E-state index is -0.173. The Morgan fingerprint density at radius 2 is 1.83 bits per heavy atom. The molecule has 1 atom stereocenters. The van der Waals surface area contributed by atoms with Crippen molar-refractivity contribution in [1.29, 1.82) is 0 Å². The fourth-order valence-corrected chi connectivity index (χ4v) is 3.20. The van der Waals surface area contributed by atoms with Gasteiger partial charge in [0.05, 0.1) is 17.8 Å². The number of pyridine rings is 1. The number of aromatic nitrogens is 1. The van der Waals surface area contributed by atoms with Crippen LogP contribution in [0.5, 0.6) is 0 Å². The first-order chi connectivity index (χ1) is 11.1. The zero-order chi connectivity index (χ0) is 16.2. The number of halogens is 1. The number of hydrogen-bond donors (Lipinski definition) is 2. The minimum absolute atomic E-state index is 0. The smallest absolute Gasteiger partial charge is 0.320 e. The van der Waals surface area contributed by atoms with E-state index >= 15 is 0 Å². The zero-order valence-corrected chi connectivity index (χ0v) is 14.4. The molecule has 3 rings (SSSR count). The summed E-state index contributed by atoms with van der Waals surface area (Å²) in [6.07, 6.45) is 5.36. The van der Waals surface area contributed by atoms with Crippen molar-refractivity contribution in [1.82, 2.24) is 14.8 Å². The molecule has 2 saturated heterocycles. The van der Waals surface area contributed by atoms with Gasteiger partial charge in [-0.15, -0.1) is 12.4 Å². The molecule has 132 valence electrons. The molecule has 2 aliphatic heterocycles. The summed E-state index contributed by atoms with van der Waals surface area (Å²) in [5.41, 5.74) is 6.17. The maximum Gasteiger partial charge on any atom is 0.320 e. The van der Waals surface area contributed by atoms with Gasteiger partial charge in [0.2, 0.25) is 5.91 Å². The first-order valence-corrected chi connectivity index (χ1v) is 8.20. The number of nitrogens with two attached hydrogens (primary N) is 1. The molecule has 2 fully saturated rings. The molecule has 2 aliphatic rings. The lowest BCUT2D eigenvalue weighted by Crippen LogP contribution is -2.48. The number of carbonyl (C=O) groups excluding carboxylic acids is 2. The molecule has 0 bridgehead atoms. The third kappa shape index (κ3) is 4.29. The third-order valence-electron chi connectivity index (χ3n) is 4.49. The first-order valence-electron chi connectivity index (χ1n) is 8.20. The quantitative estimate of drug-likeness (QED) is 0.850. The van der Waals surface area contributed by atoms with Crippen molar-refractivity contribution in [2.45, 2.75) is 25.7 Å². The van der Waals surface area contributed by atoms with Gasteiger partial charge < -0.3 is 20.9 Å². The molecular weight excluding hydrogens is 330 g/mol. The SMILES string of the molecule is Cl.Nc1ccc(NC(=O)C2CCCN(C(=O)N3CCCC3)C2)cn1.